The fraction of sp³-hybridized carbons (Fsp3) is 0.360. The van der Waals surface area contributed by atoms with Crippen molar-refractivity contribution in [3.05, 3.63) is 54.1 Å². The number of benzene rings is 2. The molecule has 2 N–H and O–H groups in total. The van der Waals surface area contributed by atoms with Crippen LogP contribution in [0.1, 0.15) is 38.2 Å². The second-order valence-corrected chi connectivity index (χ2v) is 7.72. The van der Waals surface area contributed by atoms with Gasteiger partial charge < -0.3 is 24.8 Å². The van der Waals surface area contributed by atoms with E-state index in [1.54, 1.807) is 45.4 Å². The van der Waals surface area contributed by atoms with Crippen LogP contribution < -0.4 is 24.8 Å². The highest BCUT2D eigenvalue weighted by molar-refractivity contribution is 6.00. The van der Waals surface area contributed by atoms with Crippen LogP contribution in [0.5, 0.6) is 17.2 Å². The molecule has 0 heterocycles. The molecular formula is C25H30N2O5. The van der Waals surface area contributed by atoms with Gasteiger partial charge in [0.25, 0.3) is 0 Å². The molecule has 1 saturated carbocycles. The van der Waals surface area contributed by atoms with Crippen molar-refractivity contribution < 1.29 is 23.8 Å². The van der Waals surface area contributed by atoms with E-state index in [0.717, 1.165) is 37.0 Å². The van der Waals surface area contributed by atoms with Gasteiger partial charge in [0.2, 0.25) is 11.8 Å². The van der Waals surface area contributed by atoms with Gasteiger partial charge in [0.05, 0.1) is 20.3 Å². The monoisotopic (exact) mass is 438 g/mol. The highest BCUT2D eigenvalue weighted by Gasteiger charge is 2.20. The van der Waals surface area contributed by atoms with Crippen molar-refractivity contribution in [3.63, 3.8) is 0 Å². The van der Waals surface area contributed by atoms with Crippen molar-refractivity contribution in [2.24, 2.45) is 0 Å². The second kappa shape index (κ2) is 11.2. The molecule has 1 unspecified atom stereocenters. The van der Waals surface area contributed by atoms with Gasteiger partial charge in [-0.1, -0.05) is 12.1 Å². The number of hydrogen-bond acceptors (Lipinski definition) is 5. The van der Waals surface area contributed by atoms with Crippen LogP contribution in [0, 0.1) is 0 Å². The van der Waals surface area contributed by atoms with Crippen LogP contribution in [0.15, 0.2) is 48.5 Å². The van der Waals surface area contributed by atoms with Crippen LogP contribution in [0.25, 0.3) is 6.08 Å². The Labute approximate surface area is 188 Å². The number of carbonyl (C=O) groups excluding carboxylic acids is 2. The maximum atomic E-state index is 12.6. The first-order valence-electron chi connectivity index (χ1n) is 10.8. The average molecular weight is 439 g/mol. The van der Waals surface area contributed by atoms with Crippen LogP contribution >= 0.6 is 0 Å². The number of hydrogen-bond donors (Lipinski definition) is 2. The van der Waals surface area contributed by atoms with Crippen molar-refractivity contribution >= 4 is 23.6 Å². The Kier molecular flexibility index (Phi) is 8.14. The maximum absolute atomic E-state index is 12.6. The first kappa shape index (κ1) is 23.2. The topological polar surface area (TPSA) is 85.9 Å². The zero-order valence-electron chi connectivity index (χ0n) is 18.7. The SMILES string of the molecule is COc1ccc(/C=C/C(=O)NC(C)C(=O)Nc2ccc(OC)c(OC3CCCC3)c2)cc1. The number of methoxy groups -OCH3 is 2. The Hall–Kier alpha value is -3.48. The number of carbonyl (C=O) groups is 2. The van der Waals surface area contributed by atoms with E-state index in [4.69, 9.17) is 14.2 Å². The number of nitrogens with one attached hydrogen (secondary N) is 2. The quantitative estimate of drug-likeness (QED) is 0.574. The van der Waals surface area contributed by atoms with E-state index in [2.05, 4.69) is 10.6 Å². The lowest BCUT2D eigenvalue weighted by Crippen LogP contribution is -2.40. The van der Waals surface area contributed by atoms with Gasteiger partial charge in [0.15, 0.2) is 11.5 Å². The van der Waals surface area contributed by atoms with E-state index >= 15 is 0 Å². The molecule has 1 fully saturated rings. The Balaban J connectivity index is 1.55. The predicted octanol–water partition coefficient (Wildman–Crippen LogP) is 4.18. The van der Waals surface area contributed by atoms with Crippen molar-refractivity contribution in [2.75, 3.05) is 19.5 Å². The molecule has 32 heavy (non-hydrogen) atoms. The Morgan fingerprint density at radius 1 is 1.00 bits per heavy atom. The summed E-state index contributed by atoms with van der Waals surface area (Å²) in [5, 5.41) is 5.49. The lowest BCUT2D eigenvalue weighted by molar-refractivity contribution is -0.123. The smallest absolute Gasteiger partial charge is 0.246 e. The highest BCUT2D eigenvalue weighted by Crippen LogP contribution is 2.34. The van der Waals surface area contributed by atoms with Crippen LogP contribution in [0.2, 0.25) is 0 Å². The molecule has 2 aromatic rings. The van der Waals surface area contributed by atoms with E-state index in [1.165, 1.54) is 6.08 Å². The van der Waals surface area contributed by atoms with Gasteiger partial charge in [-0.25, -0.2) is 0 Å². The predicted molar refractivity (Wildman–Crippen MR) is 124 cm³/mol. The van der Waals surface area contributed by atoms with Gasteiger partial charge in [-0.2, -0.15) is 0 Å². The molecule has 7 nitrogen and oxygen atoms in total. The van der Waals surface area contributed by atoms with Gasteiger partial charge in [0.1, 0.15) is 11.8 Å². The third-order valence-electron chi connectivity index (χ3n) is 5.32. The molecule has 2 amide bonds. The summed E-state index contributed by atoms with van der Waals surface area (Å²) in [7, 11) is 3.19. The van der Waals surface area contributed by atoms with Crippen molar-refractivity contribution in [3.8, 4) is 17.2 Å². The third-order valence-corrected chi connectivity index (χ3v) is 5.32. The molecule has 170 valence electrons. The van der Waals surface area contributed by atoms with Crippen molar-refractivity contribution in [1.82, 2.24) is 5.32 Å². The largest absolute Gasteiger partial charge is 0.497 e. The van der Waals surface area contributed by atoms with E-state index in [-0.39, 0.29) is 17.9 Å². The van der Waals surface area contributed by atoms with Crippen molar-refractivity contribution in [2.45, 2.75) is 44.8 Å². The van der Waals surface area contributed by atoms with E-state index in [0.29, 0.717) is 17.2 Å². The van der Waals surface area contributed by atoms with Crippen LogP contribution in [0.4, 0.5) is 5.69 Å². The lowest BCUT2D eigenvalue weighted by Gasteiger charge is -2.18. The number of rotatable bonds is 9. The summed E-state index contributed by atoms with van der Waals surface area (Å²) in [4.78, 5) is 24.8. The van der Waals surface area contributed by atoms with Gasteiger partial charge in [-0.05, 0) is 68.5 Å². The molecule has 1 aliphatic rings. The zero-order valence-corrected chi connectivity index (χ0v) is 18.7. The number of amides is 2. The maximum Gasteiger partial charge on any atom is 0.246 e. The summed E-state index contributed by atoms with van der Waals surface area (Å²) in [6.07, 6.45) is 7.61. The summed E-state index contributed by atoms with van der Waals surface area (Å²) < 4.78 is 16.6. The minimum absolute atomic E-state index is 0.172. The molecule has 0 bridgehead atoms. The minimum Gasteiger partial charge on any atom is -0.497 e. The molecule has 0 spiro atoms. The van der Waals surface area contributed by atoms with Crippen LogP contribution in [0.3, 0.4) is 0 Å². The first-order chi connectivity index (χ1) is 15.5. The highest BCUT2D eigenvalue weighted by atomic mass is 16.5. The minimum atomic E-state index is -0.718. The van der Waals surface area contributed by atoms with Gasteiger partial charge >= 0.3 is 0 Å². The molecule has 0 saturated heterocycles. The molecule has 7 heteroatoms. The third kappa shape index (κ3) is 6.51. The molecule has 2 aromatic carbocycles. The van der Waals surface area contributed by atoms with Crippen LogP contribution in [-0.4, -0.2) is 38.2 Å². The number of anilines is 1. The molecular weight excluding hydrogens is 408 g/mol. The Bertz CT molecular complexity index is 949. The first-order valence-corrected chi connectivity index (χ1v) is 10.8. The summed E-state index contributed by atoms with van der Waals surface area (Å²) in [5.74, 6) is 1.29. The molecule has 0 aromatic heterocycles. The second-order valence-electron chi connectivity index (χ2n) is 7.72. The van der Waals surface area contributed by atoms with E-state index in [1.807, 2.05) is 24.3 Å². The molecule has 0 radical (unpaired) electrons. The van der Waals surface area contributed by atoms with Gasteiger partial charge in [-0.15, -0.1) is 0 Å². The van der Waals surface area contributed by atoms with E-state index in [9.17, 15) is 9.59 Å². The zero-order chi connectivity index (χ0) is 22.9. The summed E-state index contributed by atoms with van der Waals surface area (Å²) >= 11 is 0. The molecule has 0 aliphatic heterocycles. The van der Waals surface area contributed by atoms with Crippen molar-refractivity contribution in [1.29, 1.82) is 0 Å². The van der Waals surface area contributed by atoms with E-state index < -0.39 is 6.04 Å². The van der Waals surface area contributed by atoms with Gasteiger partial charge in [-0.3, -0.25) is 9.59 Å². The average Bonchev–Trinajstić information content (AvgIpc) is 3.31. The Morgan fingerprint density at radius 3 is 2.38 bits per heavy atom. The lowest BCUT2D eigenvalue weighted by atomic mass is 10.2. The summed E-state index contributed by atoms with van der Waals surface area (Å²) in [6, 6.07) is 11.9. The standard InChI is InChI=1S/C25H30N2O5/c1-17(26-24(28)15-10-18-8-12-20(30-2)13-9-18)25(29)27-19-11-14-22(31-3)23(16-19)32-21-6-4-5-7-21/h8-17,21H,4-7H2,1-3H3,(H,26,28)(H,27,29)/b15-10+. The van der Waals surface area contributed by atoms with Gasteiger partial charge in [0, 0.05) is 17.8 Å². The summed E-state index contributed by atoms with van der Waals surface area (Å²) in [5.41, 5.74) is 1.43. The molecule has 1 aliphatic carbocycles. The molecule has 3 rings (SSSR count). The normalized spacial score (nSPS) is 14.7. The Morgan fingerprint density at radius 2 is 1.72 bits per heavy atom. The molecule has 1 atom stereocenters. The fourth-order valence-corrected chi connectivity index (χ4v) is 3.50. The fourth-order valence-electron chi connectivity index (χ4n) is 3.50. The number of ether oxygens (including phenoxy) is 3. The van der Waals surface area contributed by atoms with Crippen LogP contribution in [-0.2, 0) is 9.59 Å². The summed E-state index contributed by atoms with van der Waals surface area (Å²) in [6.45, 7) is 1.63.